The molecule has 1 N–H and O–H groups in total. The van der Waals surface area contributed by atoms with Gasteiger partial charge in [0.25, 0.3) is 5.91 Å². The fraction of sp³-hybridized carbons (Fsp3) is 0.375. The normalized spacial score (nSPS) is 17.2. The Morgan fingerprint density at radius 2 is 2.08 bits per heavy atom. The molecule has 0 spiro atoms. The highest BCUT2D eigenvalue weighted by Gasteiger charge is 2.31. The lowest BCUT2D eigenvalue weighted by molar-refractivity contribution is -0.137. The molecular weight excluding hydrogens is 410 g/mol. The van der Waals surface area contributed by atoms with Gasteiger partial charge in [-0.05, 0) is 19.1 Å². The fourth-order valence-electron chi connectivity index (χ4n) is 2.61. The Hall–Kier alpha value is -1.35. The number of benzene rings is 1. The highest BCUT2D eigenvalue weighted by molar-refractivity contribution is 7.13. The second-order valence-electron chi connectivity index (χ2n) is 5.72. The number of piperazine rings is 1. The second-order valence-corrected chi connectivity index (χ2v) is 6.58. The van der Waals surface area contributed by atoms with Gasteiger partial charge in [0.2, 0.25) is 0 Å². The van der Waals surface area contributed by atoms with Crippen LogP contribution in [-0.2, 0) is 6.18 Å². The van der Waals surface area contributed by atoms with Gasteiger partial charge in [0.1, 0.15) is 10.7 Å². The average Bonchev–Trinajstić information content (AvgIpc) is 3.03. The predicted octanol–water partition coefficient (Wildman–Crippen LogP) is 4.11. The summed E-state index contributed by atoms with van der Waals surface area (Å²) < 4.78 is 38.4. The summed E-state index contributed by atoms with van der Waals surface area (Å²) in [6.45, 7) is 3.90. The number of hydrogen-bond acceptors (Lipinski definition) is 4. The van der Waals surface area contributed by atoms with E-state index in [2.05, 4.69) is 10.3 Å². The molecule has 1 atom stereocenters. The first-order valence-electron chi connectivity index (χ1n) is 7.50. The molecule has 2 heterocycles. The molecule has 1 aliphatic rings. The lowest BCUT2D eigenvalue weighted by Crippen LogP contribution is -2.51. The van der Waals surface area contributed by atoms with E-state index in [0.29, 0.717) is 23.7 Å². The summed E-state index contributed by atoms with van der Waals surface area (Å²) in [6, 6.07) is 5.20. The molecule has 1 aromatic carbocycles. The maximum Gasteiger partial charge on any atom is 0.416 e. The molecule has 1 unspecified atom stereocenters. The molecule has 4 nitrogen and oxygen atoms in total. The van der Waals surface area contributed by atoms with Gasteiger partial charge < -0.3 is 10.2 Å². The van der Waals surface area contributed by atoms with Crippen molar-refractivity contribution in [3.8, 4) is 10.6 Å². The van der Waals surface area contributed by atoms with Crippen LogP contribution in [0.25, 0.3) is 10.6 Å². The SMILES string of the molecule is CC1CN(C(=O)c2csc(-c3cccc(C(F)(F)F)c3)n2)CCN1.Cl.Cl. The summed E-state index contributed by atoms with van der Waals surface area (Å²) in [6.07, 6.45) is -4.40. The number of hydrogen-bond donors (Lipinski definition) is 1. The van der Waals surface area contributed by atoms with Crippen molar-refractivity contribution in [2.45, 2.75) is 19.1 Å². The van der Waals surface area contributed by atoms with Crippen LogP contribution in [0.4, 0.5) is 13.2 Å². The molecule has 1 amide bonds. The first kappa shape index (κ1) is 22.7. The lowest BCUT2D eigenvalue weighted by atomic mass is 10.1. The predicted molar refractivity (Wildman–Crippen MR) is 100 cm³/mol. The van der Waals surface area contributed by atoms with Crippen LogP contribution in [0.3, 0.4) is 0 Å². The van der Waals surface area contributed by atoms with Crippen LogP contribution in [0.15, 0.2) is 29.6 Å². The zero-order chi connectivity index (χ0) is 17.3. The summed E-state index contributed by atoms with van der Waals surface area (Å²) in [5, 5.41) is 5.26. The molecule has 0 radical (unpaired) electrons. The Morgan fingerprint density at radius 3 is 2.73 bits per heavy atom. The van der Waals surface area contributed by atoms with Gasteiger partial charge in [0.15, 0.2) is 0 Å². The van der Waals surface area contributed by atoms with E-state index >= 15 is 0 Å². The van der Waals surface area contributed by atoms with Crippen LogP contribution in [0.1, 0.15) is 23.0 Å². The first-order valence-corrected chi connectivity index (χ1v) is 8.38. The third kappa shape index (κ3) is 5.09. The van der Waals surface area contributed by atoms with Gasteiger partial charge in [0.05, 0.1) is 5.56 Å². The number of rotatable bonds is 2. The number of thiazole rings is 1. The molecule has 0 aliphatic carbocycles. The number of carbonyl (C=O) groups is 1. The van der Waals surface area contributed by atoms with Crippen molar-refractivity contribution in [1.82, 2.24) is 15.2 Å². The average molecular weight is 428 g/mol. The number of nitrogens with zero attached hydrogens (tertiary/aromatic N) is 2. The van der Waals surface area contributed by atoms with E-state index in [0.717, 1.165) is 18.7 Å². The van der Waals surface area contributed by atoms with Gasteiger partial charge in [-0.15, -0.1) is 36.2 Å². The van der Waals surface area contributed by atoms with Gasteiger partial charge in [-0.3, -0.25) is 4.79 Å². The summed E-state index contributed by atoms with van der Waals surface area (Å²) in [5.74, 6) is -0.183. The number of alkyl halides is 3. The van der Waals surface area contributed by atoms with Crippen molar-refractivity contribution in [3.05, 3.63) is 40.9 Å². The second kappa shape index (κ2) is 9.03. The molecule has 0 saturated carbocycles. The lowest BCUT2D eigenvalue weighted by Gasteiger charge is -2.31. The third-order valence-electron chi connectivity index (χ3n) is 3.82. The zero-order valence-electron chi connectivity index (χ0n) is 13.7. The van der Waals surface area contributed by atoms with E-state index in [4.69, 9.17) is 0 Å². The van der Waals surface area contributed by atoms with Crippen LogP contribution in [0.2, 0.25) is 0 Å². The van der Waals surface area contributed by atoms with Gasteiger partial charge in [-0.25, -0.2) is 4.98 Å². The van der Waals surface area contributed by atoms with Gasteiger partial charge in [-0.1, -0.05) is 12.1 Å². The maximum atomic E-state index is 12.8. The minimum atomic E-state index is -4.40. The van der Waals surface area contributed by atoms with Crippen LogP contribution >= 0.6 is 36.2 Å². The molecule has 2 aromatic rings. The fourth-order valence-corrected chi connectivity index (χ4v) is 3.40. The molecule has 3 rings (SSSR count). The van der Waals surface area contributed by atoms with Gasteiger partial charge in [0, 0.05) is 36.6 Å². The standard InChI is InChI=1S/C16H16F3N3OS.2ClH/c1-10-8-22(6-5-20-10)15(23)13-9-24-14(21-13)11-3-2-4-12(7-11)16(17,18)19;;/h2-4,7,9-10,20H,5-6,8H2,1H3;2*1H. The number of nitrogens with one attached hydrogen (secondary N) is 1. The van der Waals surface area contributed by atoms with Crippen molar-refractivity contribution < 1.29 is 18.0 Å². The topological polar surface area (TPSA) is 45.2 Å². The summed E-state index contributed by atoms with van der Waals surface area (Å²) in [5.41, 5.74) is -0.0805. The van der Waals surface area contributed by atoms with Crippen LogP contribution < -0.4 is 5.32 Å². The quantitative estimate of drug-likeness (QED) is 0.784. The Balaban J connectivity index is 0.00000169. The smallest absolute Gasteiger partial charge is 0.334 e. The minimum absolute atomic E-state index is 0. The number of halogens is 5. The van der Waals surface area contributed by atoms with Crippen molar-refractivity contribution >= 4 is 42.1 Å². The largest absolute Gasteiger partial charge is 0.416 e. The Bertz CT molecular complexity index is 754. The molecule has 26 heavy (non-hydrogen) atoms. The van der Waals surface area contributed by atoms with E-state index in [1.165, 1.54) is 17.4 Å². The maximum absolute atomic E-state index is 12.8. The molecule has 0 bridgehead atoms. The van der Waals surface area contributed by atoms with E-state index in [1.807, 2.05) is 6.92 Å². The molecule has 1 aliphatic heterocycles. The number of amides is 1. The van der Waals surface area contributed by atoms with Crippen LogP contribution in [0, 0.1) is 0 Å². The molecule has 1 aromatic heterocycles. The third-order valence-corrected chi connectivity index (χ3v) is 4.71. The van der Waals surface area contributed by atoms with E-state index in [1.54, 1.807) is 16.3 Å². The summed E-state index contributed by atoms with van der Waals surface area (Å²) in [4.78, 5) is 18.4. The van der Waals surface area contributed by atoms with E-state index in [9.17, 15) is 18.0 Å². The minimum Gasteiger partial charge on any atom is -0.334 e. The van der Waals surface area contributed by atoms with Crippen molar-refractivity contribution in [2.75, 3.05) is 19.6 Å². The number of carbonyl (C=O) groups excluding carboxylic acids is 1. The first-order chi connectivity index (χ1) is 11.3. The van der Waals surface area contributed by atoms with Crippen molar-refractivity contribution in [3.63, 3.8) is 0 Å². The monoisotopic (exact) mass is 427 g/mol. The highest BCUT2D eigenvalue weighted by Crippen LogP contribution is 2.33. The van der Waals surface area contributed by atoms with Gasteiger partial charge in [-0.2, -0.15) is 13.2 Å². The zero-order valence-corrected chi connectivity index (χ0v) is 16.2. The van der Waals surface area contributed by atoms with Gasteiger partial charge >= 0.3 is 6.18 Å². The Morgan fingerprint density at radius 1 is 1.35 bits per heavy atom. The van der Waals surface area contributed by atoms with Crippen molar-refractivity contribution in [1.29, 1.82) is 0 Å². The summed E-state index contributed by atoms with van der Waals surface area (Å²) in [7, 11) is 0. The Labute approximate surface area is 165 Å². The molecule has 1 saturated heterocycles. The van der Waals surface area contributed by atoms with E-state index < -0.39 is 11.7 Å². The van der Waals surface area contributed by atoms with Crippen LogP contribution in [0.5, 0.6) is 0 Å². The highest BCUT2D eigenvalue weighted by atomic mass is 35.5. The number of aromatic nitrogens is 1. The summed E-state index contributed by atoms with van der Waals surface area (Å²) >= 11 is 1.17. The Kier molecular flexibility index (Phi) is 7.88. The molecule has 144 valence electrons. The molecule has 10 heteroatoms. The molecular formula is C16H18Cl2F3N3OS. The van der Waals surface area contributed by atoms with E-state index in [-0.39, 0.29) is 42.5 Å². The van der Waals surface area contributed by atoms with Crippen LogP contribution in [-0.4, -0.2) is 41.5 Å². The van der Waals surface area contributed by atoms with Crippen molar-refractivity contribution in [2.24, 2.45) is 0 Å². The molecule has 1 fully saturated rings.